The van der Waals surface area contributed by atoms with Crippen molar-refractivity contribution in [3.63, 3.8) is 0 Å². The lowest BCUT2D eigenvalue weighted by Crippen LogP contribution is -2.05. The molecule has 0 fully saturated rings. The molecule has 0 amide bonds. The summed E-state index contributed by atoms with van der Waals surface area (Å²) < 4.78 is 32.8. The van der Waals surface area contributed by atoms with E-state index in [1.165, 1.54) is 12.1 Å². The van der Waals surface area contributed by atoms with Crippen molar-refractivity contribution in [1.29, 1.82) is 0 Å². The number of para-hydroxylation sites is 1. The van der Waals surface area contributed by atoms with E-state index in [-0.39, 0.29) is 5.56 Å². The number of rotatable bonds is 0. The normalized spacial score (nSPS) is 16.6. The Balaban J connectivity index is 2.16. The zero-order chi connectivity index (χ0) is 12.3. The van der Waals surface area contributed by atoms with Gasteiger partial charge in [-0.05, 0) is 29.8 Å². The molecule has 0 aliphatic heterocycles. The Bertz CT molecular complexity index is 812. The third kappa shape index (κ3) is 1.13. The van der Waals surface area contributed by atoms with Gasteiger partial charge in [-0.15, -0.1) is 0 Å². The minimum Gasteiger partial charge on any atom is -0.456 e. The van der Waals surface area contributed by atoms with Gasteiger partial charge in [0.25, 0.3) is 5.92 Å². The maximum absolute atomic E-state index is 13.6. The van der Waals surface area contributed by atoms with Gasteiger partial charge in [-0.2, -0.15) is 8.78 Å². The summed E-state index contributed by atoms with van der Waals surface area (Å²) in [6.45, 7) is 0. The molecule has 1 heterocycles. The van der Waals surface area contributed by atoms with Crippen molar-refractivity contribution in [3.05, 3.63) is 53.6 Å². The lowest BCUT2D eigenvalue weighted by Gasteiger charge is -2.08. The van der Waals surface area contributed by atoms with Gasteiger partial charge in [0, 0.05) is 16.3 Å². The molecule has 1 aromatic heterocycles. The molecule has 0 saturated carbocycles. The van der Waals surface area contributed by atoms with Crippen LogP contribution in [0.1, 0.15) is 11.1 Å². The fraction of sp³-hybridized carbons (Fsp3) is 0.0667. The summed E-state index contributed by atoms with van der Waals surface area (Å²) in [6.07, 6.45) is 2.40. The topological polar surface area (TPSA) is 13.1 Å². The van der Waals surface area contributed by atoms with E-state index in [1.807, 2.05) is 24.3 Å². The molecule has 1 nitrogen and oxygen atoms in total. The van der Waals surface area contributed by atoms with Crippen LogP contribution in [0.2, 0.25) is 0 Å². The molecule has 0 radical (unpaired) electrons. The smallest absolute Gasteiger partial charge is 0.292 e. The number of allylic oxidation sites excluding steroid dienone is 1. The van der Waals surface area contributed by atoms with E-state index in [0.29, 0.717) is 11.1 Å². The second kappa shape index (κ2) is 2.99. The highest BCUT2D eigenvalue weighted by Gasteiger charge is 2.35. The number of hydrogen-bond acceptors (Lipinski definition) is 1. The van der Waals surface area contributed by atoms with Crippen molar-refractivity contribution in [2.45, 2.75) is 5.92 Å². The Labute approximate surface area is 101 Å². The van der Waals surface area contributed by atoms with E-state index >= 15 is 0 Å². The highest BCUT2D eigenvalue weighted by Crippen LogP contribution is 2.42. The molecule has 18 heavy (non-hydrogen) atoms. The summed E-state index contributed by atoms with van der Waals surface area (Å²) in [5.41, 5.74) is 1.83. The summed E-state index contributed by atoms with van der Waals surface area (Å²) in [5.74, 6) is -2.89. The molecule has 0 unspecified atom stereocenters. The Kier molecular flexibility index (Phi) is 1.63. The van der Waals surface area contributed by atoms with Gasteiger partial charge in [-0.25, -0.2) is 0 Å². The van der Waals surface area contributed by atoms with Gasteiger partial charge in [-0.1, -0.05) is 24.3 Å². The summed E-state index contributed by atoms with van der Waals surface area (Å²) in [4.78, 5) is 0. The van der Waals surface area contributed by atoms with Gasteiger partial charge in [0.05, 0.1) is 0 Å². The predicted molar refractivity (Wildman–Crippen MR) is 66.6 cm³/mol. The van der Waals surface area contributed by atoms with Crippen LogP contribution in [0.3, 0.4) is 0 Å². The summed E-state index contributed by atoms with van der Waals surface area (Å²) in [7, 11) is 0. The maximum Gasteiger partial charge on any atom is 0.292 e. The second-order valence-electron chi connectivity index (χ2n) is 4.49. The van der Waals surface area contributed by atoms with Gasteiger partial charge in [0.2, 0.25) is 0 Å². The average Bonchev–Trinajstić information content (AvgIpc) is 2.86. The van der Waals surface area contributed by atoms with E-state index in [2.05, 4.69) is 0 Å². The van der Waals surface area contributed by atoms with Crippen molar-refractivity contribution < 1.29 is 13.2 Å². The molecular formula is C15H8F2O. The molecule has 0 saturated heterocycles. The van der Waals surface area contributed by atoms with E-state index in [9.17, 15) is 8.78 Å². The van der Waals surface area contributed by atoms with E-state index in [4.69, 9.17) is 4.42 Å². The van der Waals surface area contributed by atoms with Gasteiger partial charge in [0.1, 0.15) is 11.2 Å². The molecule has 0 bridgehead atoms. The molecule has 1 aliphatic carbocycles. The average molecular weight is 242 g/mol. The number of fused-ring (bicyclic) bond motifs is 4. The van der Waals surface area contributed by atoms with Crippen molar-refractivity contribution in [2.24, 2.45) is 0 Å². The SMILES string of the molecule is FC1(F)C=Cc2cc3c(cc21)oc1ccccc13. The van der Waals surface area contributed by atoms with Crippen LogP contribution >= 0.6 is 0 Å². The fourth-order valence-electron chi connectivity index (χ4n) is 2.50. The van der Waals surface area contributed by atoms with Crippen molar-refractivity contribution >= 4 is 28.0 Å². The second-order valence-corrected chi connectivity index (χ2v) is 4.49. The molecule has 4 rings (SSSR count). The third-order valence-corrected chi connectivity index (χ3v) is 3.38. The van der Waals surface area contributed by atoms with Crippen molar-refractivity contribution in [3.8, 4) is 0 Å². The van der Waals surface area contributed by atoms with E-state index < -0.39 is 5.92 Å². The molecule has 0 N–H and O–H groups in total. The summed E-state index contributed by atoms with van der Waals surface area (Å²) in [5, 5.41) is 1.84. The highest BCUT2D eigenvalue weighted by atomic mass is 19.3. The van der Waals surface area contributed by atoms with Crippen LogP contribution in [0.25, 0.3) is 28.0 Å². The molecule has 0 spiro atoms. The Morgan fingerprint density at radius 1 is 0.944 bits per heavy atom. The molecule has 3 heteroatoms. The summed E-state index contributed by atoms with van der Waals surface area (Å²) >= 11 is 0. The number of benzene rings is 2. The highest BCUT2D eigenvalue weighted by molar-refractivity contribution is 6.06. The standard InChI is InChI=1S/C15H8F2O/c16-15(17)6-5-9-7-11-10-3-1-2-4-13(10)18-14(11)8-12(9)15/h1-8H. The minimum absolute atomic E-state index is 0.0223. The van der Waals surface area contributed by atoms with Crippen LogP contribution in [0.4, 0.5) is 8.78 Å². The number of alkyl halides is 2. The van der Waals surface area contributed by atoms with E-state index in [0.717, 1.165) is 22.4 Å². The first-order valence-corrected chi connectivity index (χ1v) is 5.68. The first-order valence-electron chi connectivity index (χ1n) is 5.68. The first kappa shape index (κ1) is 9.83. The predicted octanol–water partition coefficient (Wildman–Crippen LogP) is 4.70. The van der Waals surface area contributed by atoms with Crippen LogP contribution in [0.5, 0.6) is 0 Å². The first-order chi connectivity index (χ1) is 8.65. The summed E-state index contributed by atoms with van der Waals surface area (Å²) in [6, 6.07) is 10.8. The quantitative estimate of drug-likeness (QED) is 0.556. The van der Waals surface area contributed by atoms with Crippen LogP contribution in [-0.4, -0.2) is 0 Å². The Hall–Kier alpha value is -2.16. The van der Waals surface area contributed by atoms with Crippen LogP contribution in [-0.2, 0) is 5.92 Å². The van der Waals surface area contributed by atoms with Gasteiger partial charge < -0.3 is 4.42 Å². The van der Waals surface area contributed by atoms with Crippen molar-refractivity contribution in [2.75, 3.05) is 0 Å². The fourth-order valence-corrected chi connectivity index (χ4v) is 2.50. The van der Waals surface area contributed by atoms with Gasteiger partial charge in [-0.3, -0.25) is 0 Å². The molecular weight excluding hydrogens is 234 g/mol. The lowest BCUT2D eigenvalue weighted by molar-refractivity contribution is 0.0559. The molecule has 0 atom stereocenters. The monoisotopic (exact) mass is 242 g/mol. The molecule has 3 aromatic rings. The maximum atomic E-state index is 13.6. The molecule has 1 aliphatic rings. The van der Waals surface area contributed by atoms with Gasteiger partial charge >= 0.3 is 0 Å². The zero-order valence-corrected chi connectivity index (χ0v) is 9.28. The Morgan fingerprint density at radius 2 is 1.78 bits per heavy atom. The number of halogens is 2. The number of hydrogen-bond donors (Lipinski definition) is 0. The minimum atomic E-state index is -2.89. The van der Waals surface area contributed by atoms with Crippen LogP contribution < -0.4 is 0 Å². The third-order valence-electron chi connectivity index (χ3n) is 3.38. The molecule has 2 aromatic carbocycles. The lowest BCUT2D eigenvalue weighted by atomic mass is 10.0. The van der Waals surface area contributed by atoms with Crippen molar-refractivity contribution in [1.82, 2.24) is 0 Å². The van der Waals surface area contributed by atoms with E-state index in [1.54, 1.807) is 6.07 Å². The van der Waals surface area contributed by atoms with Gasteiger partial charge in [0.15, 0.2) is 0 Å². The number of furan rings is 1. The molecule has 88 valence electrons. The zero-order valence-electron chi connectivity index (χ0n) is 9.28. The van der Waals surface area contributed by atoms with Crippen LogP contribution in [0, 0.1) is 0 Å². The van der Waals surface area contributed by atoms with Crippen LogP contribution in [0.15, 0.2) is 46.9 Å². The Morgan fingerprint density at radius 3 is 2.67 bits per heavy atom. The largest absolute Gasteiger partial charge is 0.456 e.